The molecule has 2 aromatic rings. The molecule has 2 rings (SSSR count). The maximum Gasteiger partial charge on any atom is 0.319 e. The molecular weight excluding hydrogens is 282 g/mol. The number of hydrogen-bond acceptors (Lipinski definition) is 3. The summed E-state index contributed by atoms with van der Waals surface area (Å²) >= 11 is 0. The lowest BCUT2D eigenvalue weighted by molar-refractivity contribution is 0.148. The van der Waals surface area contributed by atoms with E-state index in [2.05, 4.69) is 5.32 Å². The molecule has 1 heterocycles. The van der Waals surface area contributed by atoms with Gasteiger partial charge < -0.3 is 20.2 Å². The molecule has 0 saturated heterocycles. The number of amides is 2. The van der Waals surface area contributed by atoms with Gasteiger partial charge in [0, 0.05) is 0 Å². The first-order chi connectivity index (χ1) is 9.97. The second-order valence-corrected chi connectivity index (χ2v) is 4.40. The number of nitrogens with one attached hydrogen (secondary N) is 2. The van der Waals surface area contributed by atoms with E-state index >= 15 is 0 Å². The van der Waals surface area contributed by atoms with Crippen LogP contribution in [0.3, 0.4) is 0 Å². The van der Waals surface area contributed by atoms with Gasteiger partial charge in [0.05, 0.1) is 6.54 Å². The highest BCUT2D eigenvalue weighted by Gasteiger charge is 2.15. The summed E-state index contributed by atoms with van der Waals surface area (Å²) in [7, 11) is 0. The van der Waals surface area contributed by atoms with Crippen LogP contribution in [0.1, 0.15) is 17.6 Å². The molecule has 0 radical (unpaired) electrons. The van der Waals surface area contributed by atoms with E-state index in [1.807, 2.05) is 5.32 Å². The van der Waals surface area contributed by atoms with Crippen LogP contribution in [0.2, 0.25) is 0 Å². The van der Waals surface area contributed by atoms with Crippen molar-refractivity contribution in [2.45, 2.75) is 13.0 Å². The number of hydrogen-bond donors (Lipinski definition) is 3. The van der Waals surface area contributed by atoms with Gasteiger partial charge >= 0.3 is 6.03 Å². The minimum absolute atomic E-state index is 0.158. The zero-order chi connectivity index (χ0) is 15.4. The number of aryl methyl sites for hydroxylation is 1. The maximum atomic E-state index is 13.3. The molecule has 0 unspecified atom stereocenters. The Labute approximate surface area is 119 Å². The quantitative estimate of drug-likeness (QED) is 0.812. The van der Waals surface area contributed by atoms with Crippen LogP contribution in [-0.4, -0.2) is 17.7 Å². The lowest BCUT2D eigenvalue weighted by atomic mass is 10.2. The van der Waals surface area contributed by atoms with Crippen molar-refractivity contribution in [3.63, 3.8) is 0 Å². The first kappa shape index (κ1) is 15.0. The van der Waals surface area contributed by atoms with Gasteiger partial charge in [0.15, 0.2) is 0 Å². The molecule has 112 valence electrons. The second-order valence-electron chi connectivity index (χ2n) is 4.40. The summed E-state index contributed by atoms with van der Waals surface area (Å²) in [5.74, 6) is -0.841. The smallest absolute Gasteiger partial charge is 0.319 e. The van der Waals surface area contributed by atoms with Crippen molar-refractivity contribution >= 4 is 11.7 Å². The van der Waals surface area contributed by atoms with E-state index in [9.17, 15) is 18.7 Å². The summed E-state index contributed by atoms with van der Waals surface area (Å²) in [6.07, 6.45) is -1.05. The van der Waals surface area contributed by atoms with Gasteiger partial charge in [-0.3, -0.25) is 0 Å². The summed E-state index contributed by atoms with van der Waals surface area (Å²) < 4.78 is 31.9. The molecule has 5 nitrogen and oxygen atoms in total. The first-order valence-electron chi connectivity index (χ1n) is 6.20. The van der Waals surface area contributed by atoms with Crippen LogP contribution >= 0.6 is 0 Å². The number of anilines is 1. The van der Waals surface area contributed by atoms with Crippen molar-refractivity contribution < 1.29 is 23.1 Å². The summed E-state index contributed by atoms with van der Waals surface area (Å²) in [5.41, 5.74) is -0.543. The number of benzene rings is 1. The Balaban J connectivity index is 1.90. The molecule has 0 aliphatic heterocycles. The number of rotatable bonds is 4. The van der Waals surface area contributed by atoms with Crippen LogP contribution in [0.15, 0.2) is 34.7 Å². The van der Waals surface area contributed by atoms with Crippen molar-refractivity contribution in [3.05, 3.63) is 53.5 Å². The fraction of sp³-hybridized carbons (Fsp3) is 0.214. The van der Waals surface area contributed by atoms with Crippen molar-refractivity contribution in [1.29, 1.82) is 0 Å². The van der Waals surface area contributed by atoms with E-state index in [4.69, 9.17) is 4.42 Å². The van der Waals surface area contributed by atoms with Crippen molar-refractivity contribution in [2.75, 3.05) is 11.9 Å². The van der Waals surface area contributed by atoms with E-state index in [1.54, 1.807) is 19.1 Å². The number of carbonyl (C=O) groups is 1. The van der Waals surface area contributed by atoms with Gasteiger partial charge in [0.1, 0.15) is 34.9 Å². The van der Waals surface area contributed by atoms with Gasteiger partial charge in [0.2, 0.25) is 0 Å². The summed E-state index contributed by atoms with van der Waals surface area (Å²) in [6, 6.07) is 5.67. The van der Waals surface area contributed by atoms with E-state index < -0.39 is 29.5 Å². The number of urea groups is 1. The summed E-state index contributed by atoms with van der Waals surface area (Å²) in [6.45, 7) is 1.56. The topological polar surface area (TPSA) is 74.5 Å². The zero-order valence-corrected chi connectivity index (χ0v) is 11.2. The lowest BCUT2D eigenvalue weighted by Gasteiger charge is -2.11. The normalized spacial score (nSPS) is 12.0. The van der Waals surface area contributed by atoms with Gasteiger partial charge in [-0.15, -0.1) is 0 Å². The number of aliphatic hydroxyl groups is 1. The molecule has 7 heteroatoms. The van der Waals surface area contributed by atoms with E-state index in [1.165, 1.54) is 6.07 Å². The fourth-order valence-corrected chi connectivity index (χ4v) is 1.70. The van der Waals surface area contributed by atoms with Crippen molar-refractivity contribution in [1.82, 2.24) is 5.32 Å². The van der Waals surface area contributed by atoms with Crippen LogP contribution in [0.4, 0.5) is 19.3 Å². The maximum absolute atomic E-state index is 13.3. The Hall–Kier alpha value is -2.41. The summed E-state index contributed by atoms with van der Waals surface area (Å²) in [5, 5.41) is 14.1. The molecule has 1 aromatic heterocycles. The molecule has 0 spiro atoms. The van der Waals surface area contributed by atoms with Crippen LogP contribution in [0, 0.1) is 18.6 Å². The molecule has 2 amide bonds. The molecular formula is C14H14F2N2O3. The van der Waals surface area contributed by atoms with Crippen LogP contribution in [0.5, 0.6) is 0 Å². The fourth-order valence-electron chi connectivity index (χ4n) is 1.70. The zero-order valence-electron chi connectivity index (χ0n) is 11.2. The Kier molecular flexibility index (Phi) is 4.54. The van der Waals surface area contributed by atoms with Crippen LogP contribution < -0.4 is 10.6 Å². The molecule has 21 heavy (non-hydrogen) atoms. The highest BCUT2D eigenvalue weighted by molar-refractivity contribution is 5.89. The summed E-state index contributed by atoms with van der Waals surface area (Å²) in [4.78, 5) is 11.6. The van der Waals surface area contributed by atoms with Gasteiger partial charge in [-0.05, 0) is 31.2 Å². The number of aliphatic hydroxyl groups excluding tert-OH is 1. The predicted molar refractivity (Wildman–Crippen MR) is 71.8 cm³/mol. The molecule has 3 N–H and O–H groups in total. The van der Waals surface area contributed by atoms with E-state index in [0.29, 0.717) is 11.5 Å². The third kappa shape index (κ3) is 3.79. The molecule has 0 saturated carbocycles. The SMILES string of the molecule is Cc1ccc([C@@H](O)CNC(=O)Nc2c(F)cccc2F)o1. The minimum atomic E-state index is -1.05. The van der Waals surface area contributed by atoms with Gasteiger partial charge in [-0.2, -0.15) is 0 Å². The Morgan fingerprint density at radius 2 is 1.95 bits per heavy atom. The number of carbonyl (C=O) groups excluding carboxylic acids is 1. The Bertz CT molecular complexity index is 623. The Morgan fingerprint density at radius 3 is 2.52 bits per heavy atom. The highest BCUT2D eigenvalue weighted by atomic mass is 19.1. The standard InChI is InChI=1S/C14H14F2N2O3/c1-8-5-6-12(21-8)11(19)7-17-14(20)18-13-9(15)3-2-4-10(13)16/h2-6,11,19H,7H2,1H3,(H2,17,18,20)/t11-/m0/s1. The average Bonchev–Trinajstić information content (AvgIpc) is 2.87. The Morgan fingerprint density at radius 1 is 1.29 bits per heavy atom. The molecule has 0 fully saturated rings. The van der Waals surface area contributed by atoms with Gasteiger partial charge in [0.25, 0.3) is 0 Å². The first-order valence-corrected chi connectivity index (χ1v) is 6.20. The number of furan rings is 1. The third-order valence-electron chi connectivity index (χ3n) is 2.75. The third-order valence-corrected chi connectivity index (χ3v) is 2.75. The molecule has 1 aromatic carbocycles. The highest BCUT2D eigenvalue weighted by Crippen LogP contribution is 2.18. The van der Waals surface area contributed by atoms with Crippen LogP contribution in [-0.2, 0) is 0 Å². The molecule has 0 bridgehead atoms. The molecule has 0 aliphatic rings. The van der Waals surface area contributed by atoms with Crippen molar-refractivity contribution in [3.8, 4) is 0 Å². The van der Waals surface area contributed by atoms with Crippen LogP contribution in [0.25, 0.3) is 0 Å². The van der Waals surface area contributed by atoms with Crippen molar-refractivity contribution in [2.24, 2.45) is 0 Å². The number of para-hydroxylation sites is 1. The number of halogens is 2. The van der Waals surface area contributed by atoms with E-state index in [-0.39, 0.29) is 6.54 Å². The monoisotopic (exact) mass is 296 g/mol. The second kappa shape index (κ2) is 6.36. The largest absolute Gasteiger partial charge is 0.464 e. The average molecular weight is 296 g/mol. The lowest BCUT2D eigenvalue weighted by Crippen LogP contribution is -2.32. The van der Waals surface area contributed by atoms with E-state index in [0.717, 1.165) is 12.1 Å². The minimum Gasteiger partial charge on any atom is -0.464 e. The predicted octanol–water partition coefficient (Wildman–Crippen LogP) is 2.72. The molecule has 1 atom stereocenters. The van der Waals surface area contributed by atoms with Gasteiger partial charge in [-0.25, -0.2) is 13.6 Å². The van der Waals surface area contributed by atoms with Gasteiger partial charge in [-0.1, -0.05) is 6.07 Å². The molecule has 0 aliphatic carbocycles.